The summed E-state index contributed by atoms with van der Waals surface area (Å²) in [6.45, 7) is 4.37. The molecule has 0 saturated heterocycles. The summed E-state index contributed by atoms with van der Waals surface area (Å²) in [6, 6.07) is 5.03. The average Bonchev–Trinajstić information content (AvgIpc) is 2.60. The summed E-state index contributed by atoms with van der Waals surface area (Å²) in [5.41, 5.74) is 0.244. The number of nitrogens with zero attached hydrogens (tertiary/aromatic N) is 2. The number of rotatable bonds is 11. The first-order chi connectivity index (χ1) is 12.2. The predicted octanol–water partition coefficient (Wildman–Crippen LogP) is 2.77. The molecule has 0 aliphatic rings. The van der Waals surface area contributed by atoms with Gasteiger partial charge < -0.3 is 5.32 Å². The van der Waals surface area contributed by atoms with Crippen molar-refractivity contribution in [1.82, 2.24) is 9.62 Å². The van der Waals surface area contributed by atoms with Crippen LogP contribution in [0.2, 0.25) is 0 Å². The van der Waals surface area contributed by atoms with Gasteiger partial charge in [-0.05, 0) is 36.6 Å². The molecule has 0 aliphatic carbocycles. The van der Waals surface area contributed by atoms with Crippen LogP contribution in [-0.2, 0) is 15.0 Å². The van der Waals surface area contributed by atoms with Gasteiger partial charge in [-0.25, -0.2) is 8.70 Å². The Bertz CT molecular complexity index is 663. The minimum atomic E-state index is -3.87. The van der Waals surface area contributed by atoms with E-state index in [0.717, 1.165) is 34.3 Å². The molecule has 8 heteroatoms. The first-order valence-corrected chi connectivity index (χ1v) is 10.3. The van der Waals surface area contributed by atoms with Crippen molar-refractivity contribution in [3.8, 4) is 0 Å². The lowest BCUT2D eigenvalue weighted by Crippen LogP contribution is -2.46. The molecule has 0 aliphatic heterocycles. The zero-order valence-electron chi connectivity index (χ0n) is 16.0. The first kappa shape index (κ1) is 22.4. The van der Waals surface area contributed by atoms with Crippen molar-refractivity contribution in [2.45, 2.75) is 39.5 Å². The number of nitrogens with one attached hydrogen (secondary N) is 1. The second-order valence-corrected chi connectivity index (χ2v) is 8.56. The molecular formula is C18H30FN3O3S. The molecule has 148 valence electrons. The Morgan fingerprint density at radius 3 is 2.31 bits per heavy atom. The van der Waals surface area contributed by atoms with Crippen molar-refractivity contribution < 1.29 is 17.6 Å². The van der Waals surface area contributed by atoms with Crippen LogP contribution in [0, 0.1) is 11.7 Å². The van der Waals surface area contributed by atoms with Gasteiger partial charge in [-0.3, -0.25) is 4.79 Å². The molecule has 1 unspecified atom stereocenters. The van der Waals surface area contributed by atoms with Gasteiger partial charge in [0.05, 0.1) is 5.69 Å². The van der Waals surface area contributed by atoms with Crippen molar-refractivity contribution in [2.24, 2.45) is 5.92 Å². The SMILES string of the molecule is CCCCC(CC)CNC(=O)CN(c1ccc(F)cc1)S(=O)(=O)N(C)C. The van der Waals surface area contributed by atoms with Gasteiger partial charge in [0.1, 0.15) is 12.4 Å². The fraction of sp³-hybridized carbons (Fsp3) is 0.611. The third kappa shape index (κ3) is 6.57. The van der Waals surface area contributed by atoms with Crippen LogP contribution in [-0.4, -0.2) is 45.8 Å². The third-order valence-electron chi connectivity index (χ3n) is 4.27. The largest absolute Gasteiger partial charge is 0.354 e. The Morgan fingerprint density at radius 1 is 1.19 bits per heavy atom. The van der Waals surface area contributed by atoms with Crippen LogP contribution in [0.4, 0.5) is 10.1 Å². The highest BCUT2D eigenvalue weighted by Gasteiger charge is 2.27. The van der Waals surface area contributed by atoms with Crippen molar-refractivity contribution in [3.63, 3.8) is 0 Å². The standard InChI is InChI=1S/C18H30FN3O3S/c1-5-7-8-15(6-2)13-20-18(23)14-22(26(24,25)21(3)4)17-11-9-16(19)10-12-17/h9-12,15H,5-8,13-14H2,1-4H3,(H,20,23). The maximum atomic E-state index is 13.2. The highest BCUT2D eigenvalue weighted by molar-refractivity contribution is 7.90. The van der Waals surface area contributed by atoms with E-state index in [0.29, 0.717) is 12.5 Å². The minimum absolute atomic E-state index is 0.244. The van der Waals surface area contributed by atoms with E-state index in [2.05, 4.69) is 19.2 Å². The van der Waals surface area contributed by atoms with Gasteiger partial charge >= 0.3 is 10.2 Å². The van der Waals surface area contributed by atoms with Crippen molar-refractivity contribution in [3.05, 3.63) is 30.1 Å². The van der Waals surface area contributed by atoms with Gasteiger partial charge in [0, 0.05) is 20.6 Å². The monoisotopic (exact) mass is 387 g/mol. The van der Waals surface area contributed by atoms with E-state index in [9.17, 15) is 17.6 Å². The van der Waals surface area contributed by atoms with Gasteiger partial charge in [-0.1, -0.05) is 33.1 Å². The second-order valence-electron chi connectivity index (χ2n) is 6.49. The Kier molecular flexibility index (Phi) is 9.01. The summed E-state index contributed by atoms with van der Waals surface area (Å²) in [4.78, 5) is 12.3. The molecule has 0 saturated carbocycles. The molecule has 0 bridgehead atoms. The van der Waals surface area contributed by atoms with Gasteiger partial charge in [0.25, 0.3) is 0 Å². The van der Waals surface area contributed by atoms with Crippen LogP contribution in [0.5, 0.6) is 0 Å². The average molecular weight is 388 g/mol. The van der Waals surface area contributed by atoms with Crippen LogP contribution in [0.15, 0.2) is 24.3 Å². The number of hydrogen-bond acceptors (Lipinski definition) is 3. The van der Waals surface area contributed by atoms with Crippen molar-refractivity contribution >= 4 is 21.8 Å². The molecule has 0 heterocycles. The van der Waals surface area contributed by atoms with Crippen LogP contribution >= 0.6 is 0 Å². The molecule has 0 aromatic heterocycles. The molecule has 0 spiro atoms. The minimum Gasteiger partial charge on any atom is -0.354 e. The number of anilines is 1. The number of carbonyl (C=O) groups is 1. The van der Waals surface area contributed by atoms with E-state index in [1.54, 1.807) is 0 Å². The summed E-state index contributed by atoms with van der Waals surface area (Å²) in [5, 5.41) is 2.83. The quantitative estimate of drug-likeness (QED) is 0.635. The molecular weight excluding hydrogens is 357 g/mol. The fourth-order valence-electron chi connectivity index (χ4n) is 2.50. The molecule has 1 aromatic rings. The first-order valence-electron chi connectivity index (χ1n) is 8.94. The van der Waals surface area contributed by atoms with Gasteiger partial charge in [-0.2, -0.15) is 12.7 Å². The Labute approximate surface area is 156 Å². The van der Waals surface area contributed by atoms with Crippen LogP contribution in [0.3, 0.4) is 0 Å². The molecule has 1 rings (SSSR count). The predicted molar refractivity (Wildman–Crippen MR) is 103 cm³/mol. The lowest BCUT2D eigenvalue weighted by molar-refractivity contribution is -0.119. The Balaban J connectivity index is 2.86. The number of hydrogen-bond donors (Lipinski definition) is 1. The number of carbonyl (C=O) groups excluding carboxylic acids is 1. The molecule has 0 fully saturated rings. The zero-order valence-corrected chi connectivity index (χ0v) is 16.9. The molecule has 1 amide bonds. The van der Waals surface area contributed by atoms with E-state index >= 15 is 0 Å². The van der Waals surface area contributed by atoms with Crippen LogP contribution in [0.1, 0.15) is 39.5 Å². The van der Waals surface area contributed by atoms with Gasteiger partial charge in [0.15, 0.2) is 0 Å². The maximum absolute atomic E-state index is 13.2. The van der Waals surface area contributed by atoms with Crippen LogP contribution in [0.25, 0.3) is 0 Å². The number of amides is 1. The highest BCUT2D eigenvalue weighted by Crippen LogP contribution is 2.19. The Hall–Kier alpha value is -1.67. The fourth-order valence-corrected chi connectivity index (χ4v) is 3.56. The highest BCUT2D eigenvalue weighted by atomic mass is 32.2. The lowest BCUT2D eigenvalue weighted by Gasteiger charge is -2.27. The molecule has 1 aromatic carbocycles. The summed E-state index contributed by atoms with van der Waals surface area (Å²) in [7, 11) is -1.09. The van der Waals surface area contributed by atoms with E-state index in [4.69, 9.17) is 0 Å². The van der Waals surface area contributed by atoms with Crippen LogP contribution < -0.4 is 9.62 Å². The van der Waals surface area contributed by atoms with Gasteiger partial charge in [0.2, 0.25) is 5.91 Å². The zero-order chi connectivity index (χ0) is 19.7. The van der Waals surface area contributed by atoms with E-state index in [-0.39, 0.29) is 18.1 Å². The summed E-state index contributed by atoms with van der Waals surface area (Å²) in [5.74, 6) is -0.472. The topological polar surface area (TPSA) is 69.7 Å². The van der Waals surface area contributed by atoms with E-state index in [1.165, 1.54) is 38.4 Å². The van der Waals surface area contributed by atoms with Crippen molar-refractivity contribution in [1.29, 1.82) is 0 Å². The van der Waals surface area contributed by atoms with E-state index in [1.807, 2.05) is 0 Å². The summed E-state index contributed by atoms with van der Waals surface area (Å²) in [6.07, 6.45) is 4.19. The smallest absolute Gasteiger partial charge is 0.304 e. The normalized spacial score (nSPS) is 12.8. The number of benzene rings is 1. The molecule has 6 nitrogen and oxygen atoms in total. The lowest BCUT2D eigenvalue weighted by atomic mass is 9.99. The van der Waals surface area contributed by atoms with Crippen molar-refractivity contribution in [2.75, 3.05) is 31.5 Å². The molecule has 0 radical (unpaired) electrons. The third-order valence-corrected chi connectivity index (χ3v) is 6.09. The second kappa shape index (κ2) is 10.5. The molecule has 1 atom stereocenters. The number of halogens is 1. The molecule has 1 N–H and O–H groups in total. The number of unbranched alkanes of at least 4 members (excludes halogenated alkanes) is 1. The van der Waals surface area contributed by atoms with Gasteiger partial charge in [-0.15, -0.1) is 0 Å². The maximum Gasteiger partial charge on any atom is 0.304 e. The Morgan fingerprint density at radius 2 is 1.81 bits per heavy atom. The summed E-state index contributed by atoms with van der Waals surface area (Å²) >= 11 is 0. The van der Waals surface area contributed by atoms with E-state index < -0.39 is 16.0 Å². The molecule has 26 heavy (non-hydrogen) atoms. The summed E-state index contributed by atoms with van der Waals surface area (Å²) < 4.78 is 40.3.